The fraction of sp³-hybridized carbons (Fsp3) is 0.370. The Balaban J connectivity index is 1.45. The Morgan fingerprint density at radius 1 is 1.06 bits per heavy atom. The van der Waals surface area contributed by atoms with Gasteiger partial charge in [-0.1, -0.05) is 36.4 Å². The van der Waals surface area contributed by atoms with Gasteiger partial charge in [0.25, 0.3) is 0 Å². The van der Waals surface area contributed by atoms with Gasteiger partial charge in [-0.25, -0.2) is 4.68 Å². The summed E-state index contributed by atoms with van der Waals surface area (Å²) in [4.78, 5) is 27.6. The zero-order chi connectivity index (χ0) is 24.9. The summed E-state index contributed by atoms with van der Waals surface area (Å²) >= 11 is 0. The molecule has 4 rings (SSSR count). The molecular formula is C27H32N4O4. The predicted molar refractivity (Wildman–Crippen MR) is 132 cm³/mol. The quantitative estimate of drug-likeness (QED) is 0.503. The number of aryl methyl sites for hydroxylation is 1. The number of methoxy groups -OCH3 is 2. The molecule has 0 saturated carbocycles. The molecule has 0 radical (unpaired) electrons. The second-order valence-electron chi connectivity index (χ2n) is 8.85. The smallest absolute Gasteiger partial charge is 0.323 e. The standard InChI is InChI=1S/C27H32N4O4/c1-18-23(19(2)31(29-18)22-11-6-5-7-12-22)15-26(32)28-21-14-24(27(33)35-4)30(17-21)16-20-10-8-9-13-25(20)34-3/h5-13,21,24H,14-17H2,1-4H3,(H,28,32)/t21-,24+/m1/s1. The maximum Gasteiger partial charge on any atom is 0.323 e. The van der Waals surface area contributed by atoms with Crippen molar-refractivity contribution in [2.45, 2.75) is 45.3 Å². The second kappa shape index (κ2) is 10.7. The minimum absolute atomic E-state index is 0.0865. The fourth-order valence-corrected chi connectivity index (χ4v) is 4.81. The normalized spacial score (nSPS) is 17.8. The summed E-state index contributed by atoms with van der Waals surface area (Å²) in [5.41, 5.74) is 4.64. The van der Waals surface area contributed by atoms with E-state index in [0.717, 1.165) is 34.0 Å². The van der Waals surface area contributed by atoms with Gasteiger partial charge in [0.05, 0.1) is 32.0 Å². The molecule has 0 aliphatic carbocycles. The number of esters is 1. The van der Waals surface area contributed by atoms with Crippen LogP contribution in [0.25, 0.3) is 5.69 Å². The molecule has 0 spiro atoms. The van der Waals surface area contributed by atoms with Gasteiger partial charge >= 0.3 is 5.97 Å². The van der Waals surface area contributed by atoms with E-state index in [1.165, 1.54) is 7.11 Å². The molecule has 8 nitrogen and oxygen atoms in total. The van der Waals surface area contributed by atoms with Crippen molar-refractivity contribution in [3.63, 3.8) is 0 Å². The van der Waals surface area contributed by atoms with E-state index in [0.29, 0.717) is 19.5 Å². The highest BCUT2D eigenvalue weighted by molar-refractivity contribution is 5.80. The third kappa shape index (κ3) is 5.38. The Kier molecular flexibility index (Phi) is 7.51. The first-order valence-electron chi connectivity index (χ1n) is 11.7. The van der Waals surface area contributed by atoms with Gasteiger partial charge in [-0.3, -0.25) is 14.5 Å². The Hall–Kier alpha value is -3.65. The van der Waals surface area contributed by atoms with E-state index < -0.39 is 6.04 Å². The molecule has 1 N–H and O–H groups in total. The summed E-state index contributed by atoms with van der Waals surface area (Å²) in [6.07, 6.45) is 0.727. The highest BCUT2D eigenvalue weighted by Crippen LogP contribution is 2.26. The van der Waals surface area contributed by atoms with E-state index in [1.807, 2.05) is 78.0 Å². The molecule has 2 atom stereocenters. The van der Waals surface area contributed by atoms with Crippen LogP contribution in [0, 0.1) is 13.8 Å². The van der Waals surface area contributed by atoms with E-state index in [1.54, 1.807) is 7.11 Å². The fourth-order valence-electron chi connectivity index (χ4n) is 4.81. The molecule has 1 aliphatic rings. The summed E-state index contributed by atoms with van der Waals surface area (Å²) in [7, 11) is 3.03. The van der Waals surface area contributed by atoms with Crippen LogP contribution in [-0.2, 0) is 27.3 Å². The van der Waals surface area contributed by atoms with Crippen LogP contribution in [0.2, 0.25) is 0 Å². The lowest BCUT2D eigenvalue weighted by Gasteiger charge is -2.23. The lowest BCUT2D eigenvalue weighted by Crippen LogP contribution is -2.38. The number of carbonyl (C=O) groups excluding carboxylic acids is 2. The lowest BCUT2D eigenvalue weighted by molar-refractivity contribution is -0.146. The van der Waals surface area contributed by atoms with E-state index >= 15 is 0 Å². The Morgan fingerprint density at radius 2 is 1.77 bits per heavy atom. The van der Waals surface area contributed by atoms with Gasteiger partial charge in [-0.15, -0.1) is 0 Å². The molecule has 1 amide bonds. The van der Waals surface area contributed by atoms with Crippen LogP contribution >= 0.6 is 0 Å². The first-order valence-corrected chi connectivity index (χ1v) is 11.7. The number of rotatable bonds is 8. The minimum atomic E-state index is -0.431. The molecule has 8 heteroatoms. The SMILES string of the molecule is COC(=O)[C@@H]1C[C@@H](NC(=O)Cc2c(C)nn(-c3ccccc3)c2C)CN1Cc1ccccc1OC. The number of para-hydroxylation sites is 2. The topological polar surface area (TPSA) is 85.7 Å². The van der Waals surface area contributed by atoms with Crippen molar-refractivity contribution in [3.8, 4) is 11.4 Å². The monoisotopic (exact) mass is 476 g/mol. The molecule has 1 aromatic heterocycles. The minimum Gasteiger partial charge on any atom is -0.496 e. The van der Waals surface area contributed by atoms with Crippen LogP contribution in [-0.4, -0.2) is 59.4 Å². The molecule has 3 aromatic rings. The van der Waals surface area contributed by atoms with Crippen molar-refractivity contribution in [3.05, 3.63) is 77.1 Å². The first kappa shape index (κ1) is 24.5. The van der Waals surface area contributed by atoms with Crippen molar-refractivity contribution in [2.75, 3.05) is 20.8 Å². The highest BCUT2D eigenvalue weighted by atomic mass is 16.5. The van der Waals surface area contributed by atoms with Crippen LogP contribution in [0.3, 0.4) is 0 Å². The van der Waals surface area contributed by atoms with Crippen molar-refractivity contribution >= 4 is 11.9 Å². The van der Waals surface area contributed by atoms with Gasteiger partial charge in [0, 0.05) is 36.0 Å². The van der Waals surface area contributed by atoms with Gasteiger partial charge in [-0.2, -0.15) is 5.10 Å². The average Bonchev–Trinajstić information content (AvgIpc) is 3.39. The Labute approximate surface area is 205 Å². The van der Waals surface area contributed by atoms with Crippen LogP contribution in [0.5, 0.6) is 5.75 Å². The summed E-state index contributed by atoms with van der Waals surface area (Å²) < 4.78 is 12.4. The number of carbonyl (C=O) groups is 2. The Morgan fingerprint density at radius 3 is 2.49 bits per heavy atom. The van der Waals surface area contributed by atoms with E-state index in [9.17, 15) is 9.59 Å². The third-order valence-corrected chi connectivity index (χ3v) is 6.59. The van der Waals surface area contributed by atoms with Crippen LogP contribution < -0.4 is 10.1 Å². The zero-order valence-corrected chi connectivity index (χ0v) is 20.7. The average molecular weight is 477 g/mol. The molecule has 2 heterocycles. The summed E-state index contributed by atoms with van der Waals surface area (Å²) in [6.45, 7) is 4.98. The lowest BCUT2D eigenvalue weighted by atomic mass is 10.1. The molecule has 0 unspecified atom stereocenters. The molecule has 35 heavy (non-hydrogen) atoms. The predicted octanol–water partition coefficient (Wildman–Crippen LogP) is 2.97. The largest absolute Gasteiger partial charge is 0.496 e. The maximum atomic E-state index is 13.0. The van der Waals surface area contributed by atoms with Gasteiger partial charge in [0.1, 0.15) is 11.8 Å². The summed E-state index contributed by atoms with van der Waals surface area (Å²) in [5.74, 6) is 0.383. The molecule has 1 fully saturated rings. The van der Waals surface area contributed by atoms with Gasteiger partial charge in [-0.05, 0) is 38.5 Å². The van der Waals surface area contributed by atoms with E-state index in [2.05, 4.69) is 10.4 Å². The number of aromatic nitrogens is 2. The molecule has 1 saturated heterocycles. The molecule has 0 bridgehead atoms. The first-order chi connectivity index (χ1) is 16.9. The number of benzene rings is 2. The second-order valence-corrected chi connectivity index (χ2v) is 8.85. The van der Waals surface area contributed by atoms with E-state index in [-0.39, 0.29) is 24.3 Å². The number of hydrogen-bond acceptors (Lipinski definition) is 6. The van der Waals surface area contributed by atoms with Crippen molar-refractivity contribution < 1.29 is 19.1 Å². The third-order valence-electron chi connectivity index (χ3n) is 6.59. The van der Waals surface area contributed by atoms with Gasteiger partial charge in [0.2, 0.25) is 5.91 Å². The number of hydrogen-bond donors (Lipinski definition) is 1. The van der Waals surface area contributed by atoms with Crippen molar-refractivity contribution in [2.24, 2.45) is 0 Å². The van der Waals surface area contributed by atoms with Crippen molar-refractivity contribution in [1.29, 1.82) is 0 Å². The molecule has 184 valence electrons. The van der Waals surface area contributed by atoms with Crippen LogP contribution in [0.1, 0.15) is 28.9 Å². The highest BCUT2D eigenvalue weighted by Gasteiger charge is 2.38. The number of ether oxygens (including phenoxy) is 2. The number of nitrogens with one attached hydrogen (secondary N) is 1. The van der Waals surface area contributed by atoms with Crippen molar-refractivity contribution in [1.82, 2.24) is 20.0 Å². The molecular weight excluding hydrogens is 444 g/mol. The van der Waals surface area contributed by atoms with Crippen LogP contribution in [0.4, 0.5) is 0 Å². The number of likely N-dealkylation sites (tertiary alicyclic amines) is 1. The maximum absolute atomic E-state index is 13.0. The summed E-state index contributed by atoms with van der Waals surface area (Å²) in [6, 6.07) is 17.0. The number of nitrogens with zero attached hydrogens (tertiary/aromatic N) is 3. The molecule has 2 aromatic carbocycles. The van der Waals surface area contributed by atoms with Gasteiger partial charge in [0.15, 0.2) is 0 Å². The van der Waals surface area contributed by atoms with Gasteiger partial charge < -0.3 is 14.8 Å². The van der Waals surface area contributed by atoms with Crippen LogP contribution in [0.15, 0.2) is 54.6 Å². The Bertz CT molecular complexity index is 1190. The summed E-state index contributed by atoms with van der Waals surface area (Å²) in [5, 5.41) is 7.77. The molecule has 1 aliphatic heterocycles. The van der Waals surface area contributed by atoms with E-state index in [4.69, 9.17) is 9.47 Å². The zero-order valence-electron chi connectivity index (χ0n) is 20.7. The number of amides is 1.